The highest BCUT2D eigenvalue weighted by Gasteiger charge is 2.15. The summed E-state index contributed by atoms with van der Waals surface area (Å²) < 4.78 is 10.0. The number of hydrogen-bond acceptors (Lipinski definition) is 4. The summed E-state index contributed by atoms with van der Waals surface area (Å²) in [7, 11) is 1.29. The molecule has 0 saturated heterocycles. The van der Waals surface area contributed by atoms with E-state index in [2.05, 4.69) is 4.74 Å². The van der Waals surface area contributed by atoms with Crippen molar-refractivity contribution in [3.63, 3.8) is 0 Å². The van der Waals surface area contributed by atoms with Gasteiger partial charge in [-0.15, -0.1) is 0 Å². The van der Waals surface area contributed by atoms with Gasteiger partial charge in [0, 0.05) is 13.0 Å². The molecular weight excluding hydrogens is 208 g/mol. The van der Waals surface area contributed by atoms with Gasteiger partial charge in [0.25, 0.3) is 0 Å². The van der Waals surface area contributed by atoms with Gasteiger partial charge >= 0.3 is 5.97 Å². The van der Waals surface area contributed by atoms with Gasteiger partial charge < -0.3 is 9.47 Å². The summed E-state index contributed by atoms with van der Waals surface area (Å²) in [4.78, 5) is 22.0. The topological polar surface area (TPSA) is 52.6 Å². The van der Waals surface area contributed by atoms with Crippen LogP contribution in [0.2, 0.25) is 0 Å². The van der Waals surface area contributed by atoms with Crippen molar-refractivity contribution in [3.8, 4) is 0 Å². The molecule has 92 valence electrons. The molecular formula is C12H20O4. The van der Waals surface area contributed by atoms with E-state index in [4.69, 9.17) is 4.74 Å². The SMILES string of the molecule is COC(=O)CC(=O)CCCOC1CCCC1. The minimum absolute atomic E-state index is 0.0677. The average molecular weight is 228 g/mol. The van der Waals surface area contributed by atoms with Crippen LogP contribution in [0.25, 0.3) is 0 Å². The standard InChI is InChI=1S/C12H20O4/c1-15-12(14)9-10(13)5-4-8-16-11-6-2-3-7-11/h11H,2-9H2,1H3. The Bertz CT molecular complexity index is 231. The van der Waals surface area contributed by atoms with Crippen molar-refractivity contribution in [1.29, 1.82) is 0 Å². The first-order valence-electron chi connectivity index (χ1n) is 5.92. The van der Waals surface area contributed by atoms with Crippen molar-refractivity contribution in [2.75, 3.05) is 13.7 Å². The van der Waals surface area contributed by atoms with Crippen molar-refractivity contribution in [2.24, 2.45) is 0 Å². The van der Waals surface area contributed by atoms with Gasteiger partial charge in [-0.2, -0.15) is 0 Å². The van der Waals surface area contributed by atoms with Crippen LogP contribution in [-0.4, -0.2) is 31.6 Å². The molecule has 0 aliphatic heterocycles. The van der Waals surface area contributed by atoms with Crippen molar-refractivity contribution < 1.29 is 19.1 Å². The maximum absolute atomic E-state index is 11.3. The van der Waals surface area contributed by atoms with Gasteiger partial charge in [-0.25, -0.2) is 0 Å². The van der Waals surface area contributed by atoms with Crippen molar-refractivity contribution in [2.45, 2.75) is 51.0 Å². The number of rotatable bonds is 7. The van der Waals surface area contributed by atoms with Crippen LogP contribution in [0, 0.1) is 0 Å². The number of Topliss-reactive ketones (excluding diaryl/α,β-unsaturated/α-hetero) is 1. The fourth-order valence-electron chi connectivity index (χ4n) is 1.90. The molecule has 0 unspecified atom stereocenters. The van der Waals surface area contributed by atoms with Crippen LogP contribution >= 0.6 is 0 Å². The first-order chi connectivity index (χ1) is 7.72. The van der Waals surface area contributed by atoms with E-state index in [-0.39, 0.29) is 12.2 Å². The summed E-state index contributed by atoms with van der Waals surface area (Å²) in [6, 6.07) is 0. The first kappa shape index (κ1) is 13.2. The van der Waals surface area contributed by atoms with Crippen LogP contribution in [-0.2, 0) is 19.1 Å². The molecule has 0 amide bonds. The highest BCUT2D eigenvalue weighted by atomic mass is 16.5. The van der Waals surface area contributed by atoms with Gasteiger partial charge in [0.15, 0.2) is 0 Å². The lowest BCUT2D eigenvalue weighted by atomic mass is 10.2. The second-order valence-corrected chi connectivity index (χ2v) is 4.17. The van der Waals surface area contributed by atoms with E-state index in [9.17, 15) is 9.59 Å². The van der Waals surface area contributed by atoms with Crippen LogP contribution in [0.5, 0.6) is 0 Å². The second-order valence-electron chi connectivity index (χ2n) is 4.17. The van der Waals surface area contributed by atoms with E-state index in [1.165, 1.54) is 20.0 Å². The van der Waals surface area contributed by atoms with Crippen molar-refractivity contribution >= 4 is 11.8 Å². The third-order valence-electron chi connectivity index (χ3n) is 2.82. The summed E-state index contributed by atoms with van der Waals surface area (Å²) in [6.07, 6.45) is 6.20. The Labute approximate surface area is 96.3 Å². The molecule has 1 aliphatic rings. The Kier molecular flexibility index (Phi) is 6.08. The quantitative estimate of drug-likeness (QED) is 0.379. The molecule has 0 aromatic carbocycles. The maximum atomic E-state index is 11.3. The second kappa shape index (κ2) is 7.39. The lowest BCUT2D eigenvalue weighted by molar-refractivity contribution is -0.143. The summed E-state index contributed by atoms with van der Waals surface area (Å²) in [5.41, 5.74) is 0. The zero-order valence-corrected chi connectivity index (χ0v) is 9.87. The minimum atomic E-state index is -0.457. The molecule has 0 heterocycles. The minimum Gasteiger partial charge on any atom is -0.469 e. The Hall–Kier alpha value is -0.900. The van der Waals surface area contributed by atoms with E-state index in [0.29, 0.717) is 25.6 Å². The predicted octanol–water partition coefficient (Wildman–Crippen LogP) is 1.86. The summed E-state index contributed by atoms with van der Waals surface area (Å²) >= 11 is 0. The number of ketones is 1. The van der Waals surface area contributed by atoms with E-state index in [1.807, 2.05) is 0 Å². The number of carbonyl (C=O) groups is 2. The van der Waals surface area contributed by atoms with Gasteiger partial charge in [0.2, 0.25) is 0 Å². The van der Waals surface area contributed by atoms with E-state index in [1.54, 1.807) is 0 Å². The molecule has 16 heavy (non-hydrogen) atoms. The van der Waals surface area contributed by atoms with Crippen LogP contribution in [0.15, 0.2) is 0 Å². The molecule has 0 atom stereocenters. The molecule has 1 rings (SSSR count). The van der Waals surface area contributed by atoms with Crippen molar-refractivity contribution in [1.82, 2.24) is 0 Å². The van der Waals surface area contributed by atoms with Gasteiger partial charge in [0.05, 0.1) is 13.2 Å². The molecule has 0 radical (unpaired) electrons. The lowest BCUT2D eigenvalue weighted by Gasteiger charge is -2.10. The molecule has 0 spiro atoms. The molecule has 4 heteroatoms. The largest absolute Gasteiger partial charge is 0.469 e. The number of carbonyl (C=O) groups excluding carboxylic acids is 2. The molecule has 0 aromatic heterocycles. The number of ether oxygens (including phenoxy) is 2. The summed E-state index contributed by atoms with van der Waals surface area (Å²) in [5.74, 6) is -0.524. The normalized spacial score (nSPS) is 16.3. The number of esters is 1. The molecule has 0 aromatic rings. The number of hydrogen-bond donors (Lipinski definition) is 0. The maximum Gasteiger partial charge on any atom is 0.313 e. The van der Waals surface area contributed by atoms with Crippen LogP contribution in [0.4, 0.5) is 0 Å². The molecule has 1 fully saturated rings. The zero-order chi connectivity index (χ0) is 11.8. The van der Waals surface area contributed by atoms with Gasteiger partial charge in [-0.1, -0.05) is 12.8 Å². The first-order valence-corrected chi connectivity index (χ1v) is 5.92. The highest BCUT2D eigenvalue weighted by Crippen LogP contribution is 2.20. The zero-order valence-electron chi connectivity index (χ0n) is 9.87. The predicted molar refractivity (Wildman–Crippen MR) is 59.1 cm³/mol. The summed E-state index contributed by atoms with van der Waals surface area (Å²) in [5, 5.41) is 0. The molecule has 0 N–H and O–H groups in total. The molecule has 0 bridgehead atoms. The third kappa shape index (κ3) is 5.26. The van der Waals surface area contributed by atoms with E-state index in [0.717, 1.165) is 12.8 Å². The fourth-order valence-corrected chi connectivity index (χ4v) is 1.90. The summed E-state index contributed by atoms with van der Waals surface area (Å²) in [6.45, 7) is 0.623. The average Bonchev–Trinajstić information content (AvgIpc) is 2.77. The molecule has 4 nitrogen and oxygen atoms in total. The Balaban J connectivity index is 1.97. The monoisotopic (exact) mass is 228 g/mol. The molecule has 1 saturated carbocycles. The molecule has 1 aliphatic carbocycles. The van der Waals surface area contributed by atoms with Gasteiger partial charge in [-0.3, -0.25) is 9.59 Å². The van der Waals surface area contributed by atoms with Crippen molar-refractivity contribution in [3.05, 3.63) is 0 Å². The van der Waals surface area contributed by atoms with E-state index < -0.39 is 5.97 Å². The lowest BCUT2D eigenvalue weighted by Crippen LogP contribution is -2.12. The Morgan fingerprint density at radius 2 is 1.94 bits per heavy atom. The number of methoxy groups -OCH3 is 1. The third-order valence-corrected chi connectivity index (χ3v) is 2.82. The smallest absolute Gasteiger partial charge is 0.313 e. The van der Waals surface area contributed by atoms with Crippen LogP contribution in [0.3, 0.4) is 0 Å². The fraction of sp³-hybridized carbons (Fsp3) is 0.833. The highest BCUT2D eigenvalue weighted by molar-refractivity contribution is 5.95. The van der Waals surface area contributed by atoms with Crippen LogP contribution in [0.1, 0.15) is 44.9 Å². The Morgan fingerprint density at radius 3 is 2.56 bits per heavy atom. The Morgan fingerprint density at radius 1 is 1.25 bits per heavy atom. The van der Waals surface area contributed by atoms with Gasteiger partial charge in [0.1, 0.15) is 12.2 Å². The van der Waals surface area contributed by atoms with Crippen LogP contribution < -0.4 is 0 Å². The van der Waals surface area contributed by atoms with Gasteiger partial charge in [-0.05, 0) is 19.3 Å². The van der Waals surface area contributed by atoms with E-state index >= 15 is 0 Å².